The van der Waals surface area contributed by atoms with Gasteiger partial charge in [-0.15, -0.1) is 11.3 Å². The second kappa shape index (κ2) is 8.25. The van der Waals surface area contributed by atoms with Gasteiger partial charge in [-0.1, -0.05) is 38.1 Å². The van der Waals surface area contributed by atoms with Crippen molar-refractivity contribution < 1.29 is 9.63 Å². The molecule has 0 saturated heterocycles. The van der Waals surface area contributed by atoms with Crippen LogP contribution in [0.1, 0.15) is 39.7 Å². The second-order valence-electron chi connectivity index (χ2n) is 7.52. The average molecular weight is 395 g/mol. The number of pyridine rings is 1. The summed E-state index contributed by atoms with van der Waals surface area (Å²) in [5, 5.41) is 1.42. The zero-order valence-electron chi connectivity index (χ0n) is 16.7. The molecule has 1 aliphatic carbocycles. The van der Waals surface area contributed by atoms with Crippen molar-refractivity contribution in [2.45, 2.75) is 39.5 Å². The van der Waals surface area contributed by atoms with E-state index in [9.17, 15) is 4.79 Å². The molecule has 1 aromatic carbocycles. The lowest BCUT2D eigenvalue weighted by atomic mass is 9.92. The lowest BCUT2D eigenvalue weighted by molar-refractivity contribution is -0.112. The van der Waals surface area contributed by atoms with Crippen molar-refractivity contribution in [1.29, 1.82) is 0 Å². The minimum absolute atomic E-state index is 0.0621. The minimum Gasteiger partial charge on any atom is -0.416 e. The number of thiophene rings is 1. The number of carbonyl (C=O) groups excluding carboxylic acids is 1. The molecule has 2 N–H and O–H groups in total. The Morgan fingerprint density at radius 3 is 2.46 bits per heavy atom. The van der Waals surface area contributed by atoms with Gasteiger partial charge in [0, 0.05) is 17.0 Å². The van der Waals surface area contributed by atoms with E-state index in [0.29, 0.717) is 11.2 Å². The van der Waals surface area contributed by atoms with Crippen LogP contribution >= 0.6 is 11.3 Å². The first-order valence-corrected chi connectivity index (χ1v) is 10.2. The van der Waals surface area contributed by atoms with Crippen LogP contribution in [0.25, 0.3) is 20.7 Å². The van der Waals surface area contributed by atoms with Crippen LogP contribution in [0.3, 0.4) is 0 Å². The van der Waals surface area contributed by atoms with Crippen LogP contribution in [0.5, 0.6) is 0 Å². The molecule has 2 heterocycles. The third-order valence-electron chi connectivity index (χ3n) is 5.31. The van der Waals surface area contributed by atoms with E-state index in [2.05, 4.69) is 60.1 Å². The first kappa shape index (κ1) is 20.2. The molecule has 2 aromatic heterocycles. The highest BCUT2D eigenvalue weighted by Gasteiger charge is 2.50. The molecule has 0 radical (unpaired) electrons. The topological polar surface area (TPSA) is 65.2 Å². The summed E-state index contributed by atoms with van der Waals surface area (Å²) in [5.74, 6) is 5.83. The number of carbonyl (C=O) groups is 1. The van der Waals surface area contributed by atoms with Gasteiger partial charge in [-0.2, -0.15) is 5.90 Å². The van der Waals surface area contributed by atoms with E-state index in [1.54, 1.807) is 6.92 Å². The molecule has 1 fully saturated rings. The molecule has 0 aliphatic heterocycles. The van der Waals surface area contributed by atoms with Crippen LogP contribution in [0.2, 0.25) is 0 Å². The Labute approximate surface area is 170 Å². The Balaban J connectivity index is 0.000000242. The van der Waals surface area contributed by atoms with Gasteiger partial charge in [0.1, 0.15) is 5.76 Å². The Kier molecular flexibility index (Phi) is 5.96. The summed E-state index contributed by atoms with van der Waals surface area (Å²) in [6, 6.07) is 15.0. The maximum Gasteiger partial charge on any atom is 0.156 e. The molecule has 0 spiro atoms. The highest BCUT2D eigenvalue weighted by atomic mass is 32.1. The summed E-state index contributed by atoms with van der Waals surface area (Å²) < 4.78 is 1.38. The third-order valence-corrected chi connectivity index (χ3v) is 6.51. The van der Waals surface area contributed by atoms with Crippen molar-refractivity contribution in [3.8, 4) is 10.6 Å². The quantitative estimate of drug-likeness (QED) is 0.354. The number of allylic oxidation sites excluding steroid dienone is 2. The standard InChI is InChI=1S/C18H17NS.C5H9NO2/c1-12-11-18(12,2)16-13-7-3-4-9-15(13)20-17(16)14-8-5-6-10-19-14;1-4(7)3-5(2)8-6/h3-10,12H,11H2,1-2H3;3H,6H2,1-2H3/b;5-3-/t12-,18?;/m0./s1. The number of hydrogen-bond donors (Lipinski definition) is 1. The Hall–Kier alpha value is -2.50. The molecule has 1 unspecified atom stereocenters. The minimum atomic E-state index is -0.0621. The van der Waals surface area contributed by atoms with Gasteiger partial charge in [0.25, 0.3) is 0 Å². The number of nitrogens with zero attached hydrogens (tertiary/aromatic N) is 1. The smallest absolute Gasteiger partial charge is 0.156 e. The van der Waals surface area contributed by atoms with Crippen molar-refractivity contribution in [2.24, 2.45) is 11.8 Å². The van der Waals surface area contributed by atoms with Gasteiger partial charge in [-0.3, -0.25) is 9.78 Å². The summed E-state index contributed by atoms with van der Waals surface area (Å²) in [4.78, 5) is 20.3. The number of nitrogens with two attached hydrogens (primary N) is 1. The maximum atomic E-state index is 10.2. The molecule has 0 bridgehead atoms. The van der Waals surface area contributed by atoms with E-state index in [4.69, 9.17) is 5.90 Å². The van der Waals surface area contributed by atoms with Crippen LogP contribution in [0.15, 0.2) is 60.5 Å². The largest absolute Gasteiger partial charge is 0.416 e. The zero-order valence-corrected chi connectivity index (χ0v) is 17.5. The van der Waals surface area contributed by atoms with Gasteiger partial charge in [-0.05, 0) is 60.7 Å². The Morgan fingerprint density at radius 1 is 1.25 bits per heavy atom. The van der Waals surface area contributed by atoms with E-state index in [0.717, 1.165) is 11.6 Å². The van der Waals surface area contributed by atoms with Crippen molar-refractivity contribution >= 4 is 27.2 Å². The third kappa shape index (κ3) is 4.16. The number of benzene rings is 1. The fraction of sp³-hybridized carbons (Fsp3) is 0.304. The van der Waals surface area contributed by atoms with Crippen molar-refractivity contribution in [3.63, 3.8) is 0 Å². The van der Waals surface area contributed by atoms with E-state index in [-0.39, 0.29) is 5.78 Å². The second-order valence-corrected chi connectivity index (χ2v) is 8.58. The summed E-state index contributed by atoms with van der Waals surface area (Å²) in [6.07, 6.45) is 4.50. The first-order valence-electron chi connectivity index (χ1n) is 9.36. The number of fused-ring (bicyclic) bond motifs is 1. The van der Waals surface area contributed by atoms with E-state index >= 15 is 0 Å². The molecular formula is C23H26N2O2S. The molecule has 1 aliphatic rings. The average Bonchev–Trinajstić information content (AvgIpc) is 3.13. The maximum absolute atomic E-state index is 10.2. The monoisotopic (exact) mass is 394 g/mol. The Bertz CT molecular complexity index is 1010. The van der Waals surface area contributed by atoms with E-state index < -0.39 is 0 Å². The van der Waals surface area contributed by atoms with Crippen LogP contribution in [0.4, 0.5) is 0 Å². The molecule has 4 rings (SSSR count). The predicted octanol–water partition coefficient (Wildman–Crippen LogP) is 5.63. The molecule has 2 atom stereocenters. The molecule has 5 heteroatoms. The molecule has 1 saturated carbocycles. The van der Waals surface area contributed by atoms with Gasteiger partial charge in [0.05, 0.1) is 10.6 Å². The Morgan fingerprint density at radius 2 is 1.93 bits per heavy atom. The lowest BCUT2D eigenvalue weighted by Gasteiger charge is -2.12. The number of aromatic nitrogens is 1. The molecule has 0 amide bonds. The van der Waals surface area contributed by atoms with Crippen molar-refractivity contribution in [3.05, 3.63) is 66.1 Å². The molecule has 28 heavy (non-hydrogen) atoms. The van der Waals surface area contributed by atoms with Crippen LogP contribution < -0.4 is 5.90 Å². The van der Waals surface area contributed by atoms with Gasteiger partial charge < -0.3 is 4.84 Å². The molecule has 4 nitrogen and oxygen atoms in total. The summed E-state index contributed by atoms with van der Waals surface area (Å²) in [7, 11) is 0. The number of hydrogen-bond acceptors (Lipinski definition) is 5. The highest BCUT2D eigenvalue weighted by Crippen LogP contribution is 2.59. The van der Waals surface area contributed by atoms with Gasteiger partial charge in [0.15, 0.2) is 5.78 Å². The fourth-order valence-electron chi connectivity index (χ4n) is 3.54. The highest BCUT2D eigenvalue weighted by molar-refractivity contribution is 7.22. The van der Waals surface area contributed by atoms with Gasteiger partial charge in [0.2, 0.25) is 0 Å². The normalized spacial score (nSPS) is 21.0. The number of rotatable bonds is 4. The van der Waals surface area contributed by atoms with E-state index in [1.165, 1.54) is 39.9 Å². The van der Waals surface area contributed by atoms with Gasteiger partial charge in [-0.25, -0.2) is 0 Å². The summed E-state index contributed by atoms with van der Waals surface area (Å²) >= 11 is 1.88. The zero-order chi connectivity index (χ0) is 20.3. The SMILES string of the molecule is CC(=O)/C=C(/C)ON.C[C@H]1CC1(C)c1c(-c2ccccn2)sc2ccccc12. The van der Waals surface area contributed by atoms with Crippen LogP contribution in [-0.4, -0.2) is 10.8 Å². The first-order chi connectivity index (χ1) is 13.4. The summed E-state index contributed by atoms with van der Waals surface area (Å²) in [5.41, 5.74) is 2.96. The fourth-order valence-corrected chi connectivity index (χ4v) is 4.85. The number of ketones is 1. The van der Waals surface area contributed by atoms with E-state index in [1.807, 2.05) is 23.6 Å². The van der Waals surface area contributed by atoms with Crippen molar-refractivity contribution in [2.75, 3.05) is 0 Å². The molecular weight excluding hydrogens is 368 g/mol. The molecule has 3 aromatic rings. The van der Waals surface area contributed by atoms with Crippen LogP contribution in [-0.2, 0) is 15.0 Å². The molecule has 146 valence electrons. The lowest BCUT2D eigenvalue weighted by Crippen LogP contribution is -2.04. The van der Waals surface area contributed by atoms with Gasteiger partial charge >= 0.3 is 0 Å². The van der Waals surface area contributed by atoms with Crippen molar-refractivity contribution in [1.82, 2.24) is 4.98 Å². The predicted molar refractivity (Wildman–Crippen MR) is 116 cm³/mol. The van der Waals surface area contributed by atoms with Crippen LogP contribution in [0, 0.1) is 5.92 Å². The summed E-state index contributed by atoms with van der Waals surface area (Å²) in [6.45, 7) is 7.80.